The van der Waals surface area contributed by atoms with E-state index in [0.717, 1.165) is 34.9 Å². The summed E-state index contributed by atoms with van der Waals surface area (Å²) in [4.78, 5) is 34.8. The van der Waals surface area contributed by atoms with E-state index in [1.54, 1.807) is 11.1 Å². The van der Waals surface area contributed by atoms with Gasteiger partial charge in [0.05, 0.1) is 36.8 Å². The van der Waals surface area contributed by atoms with Crippen molar-refractivity contribution in [3.8, 4) is 11.3 Å². The van der Waals surface area contributed by atoms with Crippen molar-refractivity contribution in [3.63, 3.8) is 0 Å². The van der Waals surface area contributed by atoms with Crippen molar-refractivity contribution in [2.45, 2.75) is 31.9 Å². The first-order valence-electron chi connectivity index (χ1n) is 12.0. The molecule has 1 aliphatic heterocycles. The molecule has 1 aliphatic rings. The number of carbonyl (C=O) groups is 2. The summed E-state index contributed by atoms with van der Waals surface area (Å²) in [5, 5.41) is 5.54. The Balaban J connectivity index is 1.28. The summed E-state index contributed by atoms with van der Waals surface area (Å²) in [5.74, 6) is -0.294. The van der Waals surface area contributed by atoms with Crippen molar-refractivity contribution in [1.82, 2.24) is 24.6 Å². The van der Waals surface area contributed by atoms with Crippen LogP contribution in [0.5, 0.6) is 0 Å². The first-order valence-corrected chi connectivity index (χ1v) is 12.4. The number of hydrogen-bond acceptors (Lipinski definition) is 7. The normalized spacial score (nSPS) is 14.1. The van der Waals surface area contributed by atoms with Gasteiger partial charge in [0, 0.05) is 18.7 Å². The van der Waals surface area contributed by atoms with E-state index >= 15 is 0 Å². The lowest BCUT2D eigenvalue weighted by Crippen LogP contribution is -2.39. The number of nitrogens with zero attached hydrogens (tertiary/aromatic N) is 5. The fourth-order valence-electron chi connectivity index (χ4n) is 4.51. The lowest BCUT2D eigenvalue weighted by molar-refractivity contribution is -0.139. The van der Waals surface area contributed by atoms with Crippen molar-refractivity contribution in [2.24, 2.45) is 0 Å². The summed E-state index contributed by atoms with van der Waals surface area (Å²) in [5.41, 5.74) is 3.97. The summed E-state index contributed by atoms with van der Waals surface area (Å²) in [7, 11) is 1.37. The molecule has 2 aromatic heterocycles. The minimum absolute atomic E-state index is 0.0666. The van der Waals surface area contributed by atoms with Crippen molar-refractivity contribution < 1.29 is 19.1 Å². The van der Waals surface area contributed by atoms with Crippen LogP contribution in [0.15, 0.2) is 60.8 Å². The van der Waals surface area contributed by atoms with Crippen LogP contribution in [0.3, 0.4) is 0 Å². The van der Waals surface area contributed by atoms with E-state index in [1.165, 1.54) is 7.11 Å². The van der Waals surface area contributed by atoms with Crippen LogP contribution in [-0.2, 0) is 27.3 Å². The SMILES string of the molecule is COC(=O)Cc1ccc(-c2nc(Cl)nc3c2cnn3C2CCN(C(=O)OCc3ccccc3)CC2)cc1. The van der Waals surface area contributed by atoms with Gasteiger partial charge in [0.25, 0.3) is 0 Å². The molecule has 0 unspecified atom stereocenters. The zero-order chi connectivity index (χ0) is 25.8. The van der Waals surface area contributed by atoms with Gasteiger partial charge < -0.3 is 14.4 Å². The van der Waals surface area contributed by atoms with Crippen molar-refractivity contribution in [2.75, 3.05) is 20.2 Å². The van der Waals surface area contributed by atoms with Gasteiger partial charge in [0.2, 0.25) is 5.28 Å². The average molecular weight is 520 g/mol. The molecule has 10 heteroatoms. The Morgan fingerprint density at radius 2 is 1.73 bits per heavy atom. The summed E-state index contributed by atoms with van der Waals surface area (Å²) in [6.45, 7) is 1.38. The van der Waals surface area contributed by atoms with Crippen LogP contribution < -0.4 is 0 Å². The van der Waals surface area contributed by atoms with E-state index in [0.29, 0.717) is 24.4 Å². The fourth-order valence-corrected chi connectivity index (χ4v) is 4.67. The Morgan fingerprint density at radius 3 is 2.43 bits per heavy atom. The van der Waals surface area contributed by atoms with Crippen LogP contribution >= 0.6 is 11.6 Å². The van der Waals surface area contributed by atoms with E-state index in [9.17, 15) is 9.59 Å². The number of fused-ring (bicyclic) bond motifs is 1. The minimum atomic E-state index is -0.309. The number of piperidine rings is 1. The van der Waals surface area contributed by atoms with Crippen LogP contribution in [0.2, 0.25) is 5.28 Å². The molecule has 0 N–H and O–H groups in total. The molecule has 0 aliphatic carbocycles. The van der Waals surface area contributed by atoms with Crippen molar-refractivity contribution in [1.29, 1.82) is 0 Å². The lowest BCUT2D eigenvalue weighted by Gasteiger charge is -2.31. The molecule has 0 spiro atoms. The van der Waals surface area contributed by atoms with Crippen molar-refractivity contribution in [3.05, 3.63) is 77.2 Å². The monoisotopic (exact) mass is 519 g/mol. The summed E-state index contributed by atoms with van der Waals surface area (Å²) in [6.07, 6.45) is 3.08. The molecule has 37 heavy (non-hydrogen) atoms. The van der Waals surface area contributed by atoms with E-state index in [2.05, 4.69) is 15.1 Å². The van der Waals surface area contributed by atoms with Crippen molar-refractivity contribution >= 4 is 34.7 Å². The summed E-state index contributed by atoms with van der Waals surface area (Å²) in [6, 6.07) is 17.2. The lowest BCUT2D eigenvalue weighted by atomic mass is 10.0. The highest BCUT2D eigenvalue weighted by atomic mass is 35.5. The van der Waals surface area contributed by atoms with Gasteiger partial charge in [-0.15, -0.1) is 0 Å². The van der Waals surface area contributed by atoms with Crippen LogP contribution in [0.1, 0.15) is 30.0 Å². The van der Waals surface area contributed by atoms with Gasteiger partial charge in [-0.3, -0.25) is 4.79 Å². The van der Waals surface area contributed by atoms with E-state index in [-0.39, 0.29) is 36.4 Å². The predicted octanol–water partition coefficient (Wildman–Crippen LogP) is 4.84. The fraction of sp³-hybridized carbons (Fsp3) is 0.296. The van der Waals surface area contributed by atoms with Gasteiger partial charge in [0.15, 0.2) is 5.65 Å². The number of likely N-dealkylation sites (tertiary alicyclic amines) is 1. The molecule has 2 aromatic carbocycles. The Hall–Kier alpha value is -3.98. The third-order valence-corrected chi connectivity index (χ3v) is 6.67. The molecule has 0 saturated carbocycles. The zero-order valence-electron chi connectivity index (χ0n) is 20.3. The molecule has 3 heterocycles. The minimum Gasteiger partial charge on any atom is -0.469 e. The standard InChI is InChI=1S/C27H26ClN5O4/c1-36-23(34)15-18-7-9-20(10-8-18)24-22-16-29-33(25(22)31-26(28)30-24)21-11-13-32(14-12-21)27(35)37-17-19-5-3-2-4-6-19/h2-10,16,21H,11-15,17H2,1H3. The number of carbonyl (C=O) groups excluding carboxylic acids is 2. The highest BCUT2D eigenvalue weighted by Crippen LogP contribution is 2.31. The van der Waals surface area contributed by atoms with Crippen LogP contribution in [0, 0.1) is 0 Å². The number of rotatable bonds is 6. The molecule has 0 atom stereocenters. The predicted molar refractivity (Wildman–Crippen MR) is 138 cm³/mol. The number of esters is 1. The largest absolute Gasteiger partial charge is 0.469 e. The maximum Gasteiger partial charge on any atom is 0.410 e. The summed E-state index contributed by atoms with van der Waals surface area (Å²) < 4.78 is 12.1. The highest BCUT2D eigenvalue weighted by Gasteiger charge is 2.27. The van der Waals surface area contributed by atoms with Gasteiger partial charge >= 0.3 is 12.1 Å². The Kier molecular flexibility index (Phi) is 7.32. The molecule has 0 radical (unpaired) electrons. The molecule has 5 rings (SSSR count). The van der Waals surface area contributed by atoms with Gasteiger partial charge in [0.1, 0.15) is 6.61 Å². The van der Waals surface area contributed by atoms with E-state index in [4.69, 9.17) is 21.1 Å². The number of methoxy groups -OCH3 is 1. The molecular formula is C27H26ClN5O4. The Morgan fingerprint density at radius 1 is 1.00 bits per heavy atom. The molecule has 1 saturated heterocycles. The molecule has 1 fully saturated rings. The van der Waals surface area contributed by atoms with Gasteiger partial charge in [-0.05, 0) is 35.6 Å². The van der Waals surface area contributed by atoms with Crippen LogP contribution in [0.4, 0.5) is 4.79 Å². The smallest absolute Gasteiger partial charge is 0.410 e. The molecule has 0 bridgehead atoms. The van der Waals surface area contributed by atoms with Gasteiger partial charge in [-0.25, -0.2) is 14.5 Å². The average Bonchev–Trinajstić information content (AvgIpc) is 3.36. The third kappa shape index (κ3) is 5.56. The first kappa shape index (κ1) is 24.7. The topological polar surface area (TPSA) is 99.4 Å². The van der Waals surface area contributed by atoms with Crippen LogP contribution in [-0.4, -0.2) is 56.9 Å². The second-order valence-corrected chi connectivity index (χ2v) is 9.21. The maximum atomic E-state index is 12.5. The third-order valence-electron chi connectivity index (χ3n) is 6.50. The first-order chi connectivity index (χ1) is 18.0. The Labute approximate surface area is 219 Å². The number of hydrogen-bond donors (Lipinski definition) is 0. The molecule has 9 nitrogen and oxygen atoms in total. The molecule has 190 valence electrons. The number of halogens is 1. The van der Waals surface area contributed by atoms with E-state index in [1.807, 2.05) is 59.3 Å². The zero-order valence-corrected chi connectivity index (χ0v) is 21.1. The molecule has 1 amide bonds. The number of benzene rings is 2. The number of amides is 1. The molecular weight excluding hydrogens is 494 g/mol. The maximum absolute atomic E-state index is 12.5. The molecule has 4 aromatic rings. The van der Waals surface area contributed by atoms with Gasteiger partial charge in [-0.1, -0.05) is 54.6 Å². The van der Waals surface area contributed by atoms with Gasteiger partial charge in [-0.2, -0.15) is 10.1 Å². The van der Waals surface area contributed by atoms with Crippen LogP contribution in [0.25, 0.3) is 22.3 Å². The Bertz CT molecular complexity index is 1400. The number of ether oxygens (including phenoxy) is 2. The second kappa shape index (κ2) is 11.0. The summed E-state index contributed by atoms with van der Waals surface area (Å²) >= 11 is 6.32. The quantitative estimate of drug-likeness (QED) is 0.265. The van der Waals surface area contributed by atoms with E-state index < -0.39 is 0 Å². The number of aromatic nitrogens is 4. The highest BCUT2D eigenvalue weighted by molar-refractivity contribution is 6.28. The second-order valence-electron chi connectivity index (χ2n) is 8.88.